The highest BCUT2D eigenvalue weighted by Gasteiger charge is 2.23. The van der Waals surface area contributed by atoms with E-state index in [2.05, 4.69) is 43.3 Å². The third kappa shape index (κ3) is 5.62. The van der Waals surface area contributed by atoms with Crippen LogP contribution in [0.3, 0.4) is 0 Å². The average Bonchev–Trinajstić information content (AvgIpc) is 3.84. The molecule has 0 bridgehead atoms. The van der Waals surface area contributed by atoms with Gasteiger partial charge in [0.25, 0.3) is 0 Å². The molecule has 0 radical (unpaired) electrons. The molecule has 7 aromatic rings. The molecule has 1 aromatic carbocycles. The van der Waals surface area contributed by atoms with Gasteiger partial charge in [-0.2, -0.15) is 0 Å². The molecule has 220 valence electrons. The van der Waals surface area contributed by atoms with Crippen molar-refractivity contribution in [3.63, 3.8) is 0 Å². The Kier molecular flexibility index (Phi) is 7.89. The van der Waals surface area contributed by atoms with Crippen LogP contribution in [0.4, 0.5) is 5.00 Å². The Bertz CT molecular complexity index is 2140. The molecule has 7 rings (SSSR count). The Morgan fingerprint density at radius 1 is 0.568 bits per heavy atom. The number of nitrogens with two attached hydrogens (primary N) is 1. The van der Waals surface area contributed by atoms with E-state index in [1.165, 1.54) is 37.3 Å². The van der Waals surface area contributed by atoms with Crippen LogP contribution in [0.1, 0.15) is 27.1 Å². The molecule has 0 aliphatic heterocycles. The summed E-state index contributed by atoms with van der Waals surface area (Å²) in [6.45, 7) is 2.09. The number of benzene rings is 1. The van der Waals surface area contributed by atoms with Gasteiger partial charge in [-0.05, 0) is 91.9 Å². The van der Waals surface area contributed by atoms with Crippen molar-refractivity contribution in [1.82, 2.24) is 0 Å². The van der Waals surface area contributed by atoms with E-state index in [-0.39, 0.29) is 11.1 Å². The summed E-state index contributed by atoms with van der Waals surface area (Å²) in [5, 5.41) is 31.9. The van der Waals surface area contributed by atoms with Crippen molar-refractivity contribution in [1.29, 1.82) is 0 Å². The van der Waals surface area contributed by atoms with Gasteiger partial charge in [0.05, 0.1) is 10.6 Å². The number of aliphatic hydroxyl groups excluding tert-OH is 1. The number of aryl methyl sites for hydroxylation is 1. The minimum Gasteiger partial charge on any atom is -0.478 e. The Morgan fingerprint density at radius 3 is 1.41 bits per heavy atom. The van der Waals surface area contributed by atoms with Gasteiger partial charge < -0.3 is 21.1 Å². The Balaban J connectivity index is 1.23. The third-order valence-electron chi connectivity index (χ3n) is 6.99. The first-order chi connectivity index (χ1) is 21.2. The number of rotatable bonds is 8. The summed E-state index contributed by atoms with van der Waals surface area (Å²) in [7, 11) is 0. The molecule has 5 nitrogen and oxygen atoms in total. The standard InChI is InChI=1S/C33H23NO4S6/c1-16-2-3-23(39-16)24-8-9-27(42-24)25-6-4-21(40-25)17-14-20(33(37)38)18(15-19(17)32(35)36)22-5-7-26(41-22)28-10-11-29(43-28)30-12-13-31(34)44-30/h2-15,33,37-38H,34H2,1H3,(H,35,36). The van der Waals surface area contributed by atoms with E-state index in [4.69, 9.17) is 5.73 Å². The number of carboxylic acid groups (broad SMARTS) is 1. The number of anilines is 1. The highest BCUT2D eigenvalue weighted by atomic mass is 32.1. The lowest BCUT2D eigenvalue weighted by Crippen LogP contribution is -2.05. The first-order valence-electron chi connectivity index (χ1n) is 13.3. The molecule has 0 fully saturated rings. The summed E-state index contributed by atoms with van der Waals surface area (Å²) in [5.41, 5.74) is 7.24. The third-order valence-corrected chi connectivity index (χ3v) is 14.1. The summed E-state index contributed by atoms with van der Waals surface area (Å²) < 4.78 is 0. The van der Waals surface area contributed by atoms with Gasteiger partial charge in [0.2, 0.25) is 0 Å². The van der Waals surface area contributed by atoms with Crippen LogP contribution >= 0.6 is 68.0 Å². The quantitative estimate of drug-likeness (QED) is 0.119. The fraction of sp³-hybridized carbons (Fsp3) is 0.0606. The van der Waals surface area contributed by atoms with Crippen molar-refractivity contribution in [2.24, 2.45) is 0 Å². The number of hydrogen-bond acceptors (Lipinski definition) is 10. The molecule has 0 aliphatic rings. The van der Waals surface area contributed by atoms with Gasteiger partial charge in [-0.15, -0.1) is 68.0 Å². The molecule has 5 N–H and O–H groups in total. The highest BCUT2D eigenvalue weighted by molar-refractivity contribution is 7.28. The van der Waals surface area contributed by atoms with Crippen molar-refractivity contribution in [3.8, 4) is 59.9 Å². The molecule has 0 saturated carbocycles. The summed E-state index contributed by atoms with van der Waals surface area (Å²) in [6.07, 6.45) is -1.77. The zero-order valence-corrected chi connectivity index (χ0v) is 27.8. The molecule has 6 heterocycles. The number of aliphatic hydroxyl groups is 2. The second kappa shape index (κ2) is 11.8. The van der Waals surface area contributed by atoms with Gasteiger partial charge >= 0.3 is 5.97 Å². The van der Waals surface area contributed by atoms with Gasteiger partial charge in [-0.25, -0.2) is 4.79 Å². The van der Waals surface area contributed by atoms with Gasteiger partial charge in [-0.1, -0.05) is 0 Å². The largest absolute Gasteiger partial charge is 0.478 e. The van der Waals surface area contributed by atoms with E-state index in [1.54, 1.807) is 57.5 Å². The van der Waals surface area contributed by atoms with Crippen LogP contribution in [-0.4, -0.2) is 21.3 Å². The predicted molar refractivity (Wildman–Crippen MR) is 190 cm³/mol. The second-order valence-electron chi connectivity index (χ2n) is 9.93. The minimum atomic E-state index is -1.77. The van der Waals surface area contributed by atoms with Crippen molar-refractivity contribution < 1.29 is 20.1 Å². The van der Waals surface area contributed by atoms with Gasteiger partial charge in [0.1, 0.15) is 0 Å². The molecule has 0 aliphatic carbocycles. The number of aromatic carboxylic acids is 1. The smallest absolute Gasteiger partial charge is 0.336 e. The van der Waals surface area contributed by atoms with E-state index < -0.39 is 12.3 Å². The van der Waals surface area contributed by atoms with E-state index in [0.717, 1.165) is 44.0 Å². The lowest BCUT2D eigenvalue weighted by molar-refractivity contribution is -0.0420. The maximum absolute atomic E-state index is 12.5. The monoisotopic (exact) mass is 689 g/mol. The van der Waals surface area contributed by atoms with Crippen LogP contribution in [0, 0.1) is 6.92 Å². The SMILES string of the molecule is Cc1ccc(-c2ccc(-c3ccc(-c4cc(C(O)O)c(-c5ccc(-c6ccc(-c7ccc(N)s7)s6)s5)cc4C(=O)O)s3)s2)s1. The van der Waals surface area contributed by atoms with Gasteiger partial charge in [0.15, 0.2) is 6.29 Å². The van der Waals surface area contributed by atoms with E-state index in [0.29, 0.717) is 11.1 Å². The maximum atomic E-state index is 12.5. The Hall–Kier alpha value is -3.39. The van der Waals surface area contributed by atoms with E-state index >= 15 is 0 Å². The fourth-order valence-electron chi connectivity index (χ4n) is 4.91. The molecule has 6 aromatic heterocycles. The molecule has 0 unspecified atom stereocenters. The van der Waals surface area contributed by atoms with Crippen LogP contribution in [-0.2, 0) is 0 Å². The number of nitrogen functional groups attached to an aromatic ring is 1. The number of carbonyl (C=O) groups is 1. The van der Waals surface area contributed by atoms with Crippen molar-refractivity contribution >= 4 is 79.0 Å². The molecule has 0 amide bonds. The number of thiophene rings is 6. The summed E-state index contributed by atoms with van der Waals surface area (Å²) in [5.74, 6) is -1.07. The number of hydrogen-bond donors (Lipinski definition) is 4. The molecular weight excluding hydrogens is 667 g/mol. The summed E-state index contributed by atoms with van der Waals surface area (Å²) >= 11 is 9.64. The maximum Gasteiger partial charge on any atom is 0.336 e. The van der Waals surface area contributed by atoms with Crippen LogP contribution in [0.2, 0.25) is 0 Å². The first-order valence-corrected chi connectivity index (χ1v) is 18.2. The van der Waals surface area contributed by atoms with Crippen molar-refractivity contribution in [2.45, 2.75) is 13.2 Å². The van der Waals surface area contributed by atoms with Gasteiger partial charge in [0, 0.05) is 70.3 Å². The molecule has 0 saturated heterocycles. The lowest BCUT2D eigenvalue weighted by atomic mass is 9.96. The molecular formula is C33H23NO4S6. The first kappa shape index (κ1) is 29.3. The normalized spacial score (nSPS) is 11.5. The summed E-state index contributed by atoms with van der Waals surface area (Å²) in [4.78, 5) is 24.2. The highest BCUT2D eigenvalue weighted by Crippen LogP contribution is 2.46. The predicted octanol–water partition coefficient (Wildman–Crippen LogP) is 10.6. The topological polar surface area (TPSA) is 104 Å². The summed E-state index contributed by atoms with van der Waals surface area (Å²) in [6, 6.07) is 27.5. The second-order valence-corrected chi connectivity index (χ2v) is 16.7. The van der Waals surface area contributed by atoms with Gasteiger partial charge in [-0.3, -0.25) is 0 Å². The Morgan fingerprint density at radius 2 is 0.977 bits per heavy atom. The number of carboxylic acids is 1. The molecule has 44 heavy (non-hydrogen) atoms. The zero-order chi connectivity index (χ0) is 30.5. The molecule has 11 heteroatoms. The fourth-order valence-corrected chi connectivity index (χ4v) is 11.0. The van der Waals surface area contributed by atoms with E-state index in [1.807, 2.05) is 36.4 Å². The van der Waals surface area contributed by atoms with E-state index in [9.17, 15) is 20.1 Å². The van der Waals surface area contributed by atoms with Crippen LogP contribution in [0.25, 0.3) is 59.9 Å². The van der Waals surface area contributed by atoms with Crippen LogP contribution < -0.4 is 5.73 Å². The van der Waals surface area contributed by atoms with Crippen molar-refractivity contribution in [2.75, 3.05) is 5.73 Å². The van der Waals surface area contributed by atoms with Crippen LogP contribution in [0.15, 0.2) is 84.9 Å². The molecule has 0 atom stereocenters. The lowest BCUT2D eigenvalue weighted by Gasteiger charge is -2.15. The average molecular weight is 690 g/mol. The molecule has 0 spiro atoms. The zero-order valence-electron chi connectivity index (χ0n) is 22.9. The van der Waals surface area contributed by atoms with Crippen molar-refractivity contribution in [3.05, 3.63) is 101 Å². The Labute approximate surface area is 277 Å². The van der Waals surface area contributed by atoms with Crippen LogP contribution in [0.5, 0.6) is 0 Å². The minimum absolute atomic E-state index is 0.113.